The lowest BCUT2D eigenvalue weighted by atomic mass is 10.1. The molecular weight excluding hydrogens is 524 g/mol. The quantitative estimate of drug-likeness (QED) is 0.188. The summed E-state index contributed by atoms with van der Waals surface area (Å²) in [4.78, 5) is 44.4. The molecule has 0 fully saturated rings. The molecule has 0 atom stereocenters. The van der Waals surface area contributed by atoms with Crippen LogP contribution in [-0.4, -0.2) is 64.9 Å². The number of para-hydroxylation sites is 1. The van der Waals surface area contributed by atoms with E-state index in [1.807, 2.05) is 56.4 Å². The van der Waals surface area contributed by atoms with Gasteiger partial charge in [0.15, 0.2) is 11.5 Å². The first-order valence-electron chi connectivity index (χ1n) is 13.3. The first kappa shape index (κ1) is 29.1. The SMILES string of the molecule is COc1ccc(CN(CCc2c[nH]c3ccccc23)C(=O)CN(C(=O)c2cccc([N+](=O)[O-])c2)C(C)C)cc1OC. The van der Waals surface area contributed by atoms with Crippen LogP contribution in [0, 0.1) is 10.1 Å². The zero-order valence-corrected chi connectivity index (χ0v) is 23.6. The molecule has 1 N–H and O–H groups in total. The van der Waals surface area contributed by atoms with E-state index < -0.39 is 10.8 Å². The van der Waals surface area contributed by atoms with Gasteiger partial charge in [0.05, 0.1) is 19.1 Å². The van der Waals surface area contributed by atoms with Crippen molar-refractivity contribution in [3.63, 3.8) is 0 Å². The highest BCUT2D eigenvalue weighted by atomic mass is 16.6. The van der Waals surface area contributed by atoms with Gasteiger partial charge in [-0.15, -0.1) is 0 Å². The number of aromatic nitrogens is 1. The van der Waals surface area contributed by atoms with Gasteiger partial charge < -0.3 is 24.3 Å². The maximum absolute atomic E-state index is 13.8. The number of H-pyrrole nitrogens is 1. The molecule has 0 aliphatic heterocycles. The van der Waals surface area contributed by atoms with Crippen LogP contribution in [-0.2, 0) is 17.8 Å². The van der Waals surface area contributed by atoms with E-state index in [9.17, 15) is 19.7 Å². The van der Waals surface area contributed by atoms with E-state index in [0.717, 1.165) is 22.0 Å². The van der Waals surface area contributed by atoms with Crippen molar-refractivity contribution in [1.29, 1.82) is 0 Å². The van der Waals surface area contributed by atoms with Crippen molar-refractivity contribution >= 4 is 28.4 Å². The Morgan fingerprint density at radius 3 is 2.44 bits per heavy atom. The number of carbonyl (C=O) groups is 2. The second kappa shape index (κ2) is 13.0. The van der Waals surface area contributed by atoms with Crippen molar-refractivity contribution in [2.24, 2.45) is 0 Å². The molecular formula is C31H34N4O6. The molecule has 4 rings (SSSR count). The van der Waals surface area contributed by atoms with Crippen molar-refractivity contribution in [1.82, 2.24) is 14.8 Å². The van der Waals surface area contributed by atoms with Crippen LogP contribution in [0.1, 0.15) is 35.3 Å². The molecule has 4 aromatic rings. The Kier molecular flexibility index (Phi) is 9.23. The first-order chi connectivity index (χ1) is 19.7. The third-order valence-electron chi connectivity index (χ3n) is 6.99. The maximum Gasteiger partial charge on any atom is 0.270 e. The Labute approximate surface area is 238 Å². The average molecular weight is 559 g/mol. The summed E-state index contributed by atoms with van der Waals surface area (Å²) in [7, 11) is 3.12. The molecule has 0 saturated heterocycles. The summed E-state index contributed by atoms with van der Waals surface area (Å²) in [5, 5.41) is 12.4. The summed E-state index contributed by atoms with van der Waals surface area (Å²) in [6.07, 6.45) is 2.56. The number of benzene rings is 3. The van der Waals surface area contributed by atoms with Crippen LogP contribution in [0.2, 0.25) is 0 Å². The molecule has 1 heterocycles. The second-order valence-corrected chi connectivity index (χ2v) is 9.95. The van der Waals surface area contributed by atoms with Crippen molar-refractivity contribution in [2.45, 2.75) is 32.9 Å². The van der Waals surface area contributed by atoms with Gasteiger partial charge in [-0.3, -0.25) is 19.7 Å². The van der Waals surface area contributed by atoms with Gasteiger partial charge in [0, 0.05) is 53.9 Å². The van der Waals surface area contributed by atoms with Crippen molar-refractivity contribution in [2.75, 3.05) is 27.3 Å². The van der Waals surface area contributed by atoms with E-state index in [1.54, 1.807) is 25.2 Å². The summed E-state index contributed by atoms with van der Waals surface area (Å²) in [5.74, 6) is 0.451. The highest BCUT2D eigenvalue weighted by Crippen LogP contribution is 2.28. The summed E-state index contributed by atoms with van der Waals surface area (Å²) >= 11 is 0. The number of carbonyl (C=O) groups excluding carboxylic acids is 2. The van der Waals surface area contributed by atoms with Gasteiger partial charge in [-0.1, -0.05) is 30.3 Å². The van der Waals surface area contributed by atoms with E-state index in [4.69, 9.17) is 9.47 Å². The summed E-state index contributed by atoms with van der Waals surface area (Å²) in [6, 6.07) is 18.7. The number of nitro benzene ring substituents is 1. The fraction of sp³-hybridized carbons (Fsp3) is 0.290. The summed E-state index contributed by atoms with van der Waals surface area (Å²) < 4.78 is 10.8. The third kappa shape index (κ3) is 6.84. The number of rotatable bonds is 12. The smallest absolute Gasteiger partial charge is 0.270 e. The average Bonchev–Trinajstić information content (AvgIpc) is 3.40. The van der Waals surface area contributed by atoms with Gasteiger partial charge in [-0.05, 0) is 55.7 Å². The number of methoxy groups -OCH3 is 2. The molecule has 0 aliphatic rings. The van der Waals surface area contributed by atoms with E-state index in [1.165, 1.54) is 29.2 Å². The molecule has 2 amide bonds. The lowest BCUT2D eigenvalue weighted by molar-refractivity contribution is -0.384. The number of hydrogen-bond donors (Lipinski definition) is 1. The van der Waals surface area contributed by atoms with Crippen molar-refractivity contribution < 1.29 is 24.0 Å². The van der Waals surface area contributed by atoms with Crippen LogP contribution in [0.5, 0.6) is 11.5 Å². The van der Waals surface area contributed by atoms with Crippen molar-refractivity contribution in [3.05, 3.63) is 99.7 Å². The molecule has 0 saturated carbocycles. The number of nitrogens with one attached hydrogen (secondary N) is 1. The van der Waals surface area contributed by atoms with Gasteiger partial charge in [-0.2, -0.15) is 0 Å². The highest BCUT2D eigenvalue weighted by Gasteiger charge is 2.26. The van der Waals surface area contributed by atoms with Crippen LogP contribution in [0.25, 0.3) is 10.9 Å². The minimum Gasteiger partial charge on any atom is -0.493 e. The van der Waals surface area contributed by atoms with E-state index in [2.05, 4.69) is 4.98 Å². The Bertz CT molecular complexity index is 1550. The predicted octanol–water partition coefficient (Wildman–Crippen LogP) is 5.22. The molecule has 0 aliphatic carbocycles. The Balaban J connectivity index is 1.60. The Hall–Kier alpha value is -4.86. The molecule has 0 radical (unpaired) electrons. The lowest BCUT2D eigenvalue weighted by Gasteiger charge is -2.30. The maximum atomic E-state index is 13.8. The fourth-order valence-corrected chi connectivity index (χ4v) is 4.74. The lowest BCUT2D eigenvalue weighted by Crippen LogP contribution is -2.46. The zero-order valence-electron chi connectivity index (χ0n) is 23.6. The predicted molar refractivity (Wildman–Crippen MR) is 156 cm³/mol. The number of nitrogens with zero attached hydrogens (tertiary/aromatic N) is 3. The molecule has 0 bridgehead atoms. The Morgan fingerprint density at radius 2 is 1.73 bits per heavy atom. The molecule has 10 nitrogen and oxygen atoms in total. The minimum absolute atomic E-state index is 0.158. The van der Waals surface area contributed by atoms with Gasteiger partial charge >= 0.3 is 0 Å². The van der Waals surface area contributed by atoms with Gasteiger partial charge in [0.1, 0.15) is 6.54 Å². The third-order valence-corrected chi connectivity index (χ3v) is 6.99. The molecule has 3 aromatic carbocycles. The number of amides is 2. The molecule has 10 heteroatoms. The minimum atomic E-state index is -0.544. The first-order valence-corrected chi connectivity index (χ1v) is 13.3. The zero-order chi connectivity index (χ0) is 29.5. The number of hydrogen-bond acceptors (Lipinski definition) is 6. The van der Waals surface area contributed by atoms with Crippen LogP contribution < -0.4 is 9.47 Å². The topological polar surface area (TPSA) is 118 Å². The van der Waals surface area contributed by atoms with Crippen LogP contribution >= 0.6 is 0 Å². The van der Waals surface area contributed by atoms with Crippen LogP contribution in [0.3, 0.4) is 0 Å². The number of ether oxygens (including phenoxy) is 2. The van der Waals surface area contributed by atoms with E-state index in [-0.39, 0.29) is 29.7 Å². The monoisotopic (exact) mass is 558 g/mol. The summed E-state index contributed by atoms with van der Waals surface area (Å²) in [5.41, 5.74) is 2.93. The molecule has 0 unspecified atom stereocenters. The molecule has 0 spiro atoms. The van der Waals surface area contributed by atoms with E-state index >= 15 is 0 Å². The number of fused-ring (bicyclic) bond motifs is 1. The highest BCUT2D eigenvalue weighted by molar-refractivity contribution is 5.97. The number of nitro groups is 1. The van der Waals surface area contributed by atoms with Gasteiger partial charge in [0.25, 0.3) is 11.6 Å². The summed E-state index contributed by atoms with van der Waals surface area (Å²) in [6.45, 7) is 4.14. The van der Waals surface area contributed by atoms with Gasteiger partial charge in [0.2, 0.25) is 5.91 Å². The van der Waals surface area contributed by atoms with Crippen molar-refractivity contribution in [3.8, 4) is 11.5 Å². The van der Waals surface area contributed by atoms with E-state index in [0.29, 0.717) is 31.0 Å². The number of aromatic amines is 1. The van der Waals surface area contributed by atoms with Crippen LogP contribution in [0.4, 0.5) is 5.69 Å². The molecule has 1 aromatic heterocycles. The van der Waals surface area contributed by atoms with Gasteiger partial charge in [-0.25, -0.2) is 0 Å². The standard InChI is InChI=1S/C31H34N4O6/c1-21(2)34(31(37)23-8-7-9-25(17-23)35(38)39)20-30(36)33(19-22-12-13-28(40-3)29(16-22)41-4)15-14-24-18-32-27-11-6-5-10-26(24)27/h5-13,16-18,21,32H,14-15,19-20H2,1-4H3. The Morgan fingerprint density at radius 1 is 0.976 bits per heavy atom. The molecule has 41 heavy (non-hydrogen) atoms. The normalized spacial score (nSPS) is 11.0. The second-order valence-electron chi connectivity index (χ2n) is 9.95. The largest absolute Gasteiger partial charge is 0.493 e. The molecule has 214 valence electrons. The fourth-order valence-electron chi connectivity index (χ4n) is 4.74. The van der Waals surface area contributed by atoms with Crippen LogP contribution in [0.15, 0.2) is 72.9 Å². The number of non-ortho nitro benzene ring substituents is 1.